The minimum absolute atomic E-state index is 1.44. The van der Waals surface area contributed by atoms with Crippen LogP contribution in [0, 0.1) is 4.91 Å². The van der Waals surface area contributed by atoms with Crippen molar-refractivity contribution in [2.75, 3.05) is 0 Å². The van der Waals surface area contributed by atoms with E-state index >= 15 is 0 Å². The zero-order chi connectivity index (χ0) is 4.28. The standard InChI is InChI=1S/CHNO3/c3-1(4)2-5/h(H,3,4)/p-1. The first-order valence-electron chi connectivity index (χ1n) is 0.814. The Hall–Kier alpha value is -0.930. The van der Waals surface area contributed by atoms with E-state index in [0.29, 0.717) is 0 Å². The highest BCUT2D eigenvalue weighted by Gasteiger charge is 1.64. The van der Waals surface area contributed by atoms with Crippen LogP contribution in [-0.2, 0) is 0 Å². The predicted molar refractivity (Wildman–Crippen MR) is 11.2 cm³/mol. The predicted octanol–water partition coefficient (Wildman–Crippen LogP) is -0.904. The Morgan fingerprint density at radius 3 is 2.00 bits per heavy atom. The highest BCUT2D eigenvalue weighted by atomic mass is 16.4. The number of hydrogen-bond donors (Lipinski definition) is 0. The third kappa shape index (κ3) is 3.07. The van der Waals surface area contributed by atoms with Gasteiger partial charge < -0.3 is 9.90 Å². The van der Waals surface area contributed by atoms with E-state index < -0.39 is 6.09 Å². The van der Waals surface area contributed by atoms with E-state index in [1.54, 1.807) is 0 Å². The molecule has 0 radical (unpaired) electrons. The van der Waals surface area contributed by atoms with Crippen LogP contribution in [0.5, 0.6) is 0 Å². The fraction of sp³-hybridized carbons (Fsp3) is 0. The Morgan fingerprint density at radius 2 is 2.00 bits per heavy atom. The molecule has 0 saturated carbocycles. The number of carbonyl (C=O) groups is 1. The lowest BCUT2D eigenvalue weighted by molar-refractivity contribution is -0.245. The molecule has 5 heavy (non-hydrogen) atoms. The number of rotatable bonds is 0. The van der Waals surface area contributed by atoms with E-state index in [1.165, 1.54) is 5.18 Å². The van der Waals surface area contributed by atoms with Crippen LogP contribution < -0.4 is 5.11 Å². The van der Waals surface area contributed by atoms with Gasteiger partial charge in [0, 0.05) is 0 Å². The zero-order valence-corrected chi connectivity index (χ0v) is 2.17. The van der Waals surface area contributed by atoms with Crippen LogP contribution in [0.15, 0.2) is 5.18 Å². The molecule has 0 aliphatic heterocycles. The summed E-state index contributed by atoms with van der Waals surface area (Å²) >= 11 is 0. The second-order valence-corrected chi connectivity index (χ2v) is 0.357. The Morgan fingerprint density at radius 1 is 1.80 bits per heavy atom. The molecule has 28 valence electrons. The summed E-state index contributed by atoms with van der Waals surface area (Å²) in [4.78, 5) is 17.4. The average molecular weight is 74.0 g/mol. The van der Waals surface area contributed by atoms with Gasteiger partial charge in [-0.3, -0.25) is 0 Å². The molecule has 1 amide bonds. The molecule has 0 aromatic rings. The molecule has 0 unspecified atom stereocenters. The highest BCUT2D eigenvalue weighted by molar-refractivity contribution is 5.62. The quantitative estimate of drug-likeness (QED) is 0.349. The molecule has 0 aromatic carbocycles. The van der Waals surface area contributed by atoms with Crippen LogP contribution in [-0.4, -0.2) is 6.09 Å². The van der Waals surface area contributed by atoms with E-state index in [0.717, 1.165) is 0 Å². The maximum Gasteiger partial charge on any atom is 0.208 e. The van der Waals surface area contributed by atoms with Crippen molar-refractivity contribution in [1.29, 1.82) is 0 Å². The maximum absolute atomic E-state index is 8.78. The van der Waals surface area contributed by atoms with Crippen molar-refractivity contribution in [2.45, 2.75) is 0 Å². The van der Waals surface area contributed by atoms with Gasteiger partial charge in [-0.1, -0.05) is 0 Å². The van der Waals surface area contributed by atoms with E-state index in [4.69, 9.17) is 14.8 Å². The second kappa shape index (κ2) is 1.40. The molecular weight excluding hydrogens is 74.0 g/mol. The van der Waals surface area contributed by atoms with Crippen molar-refractivity contribution in [3.8, 4) is 0 Å². The number of carbonyl (C=O) groups excluding carboxylic acids is 1. The third-order valence-electron chi connectivity index (χ3n) is 0.0745. The van der Waals surface area contributed by atoms with Crippen LogP contribution in [0.3, 0.4) is 0 Å². The molecule has 0 aromatic heterocycles. The van der Waals surface area contributed by atoms with Gasteiger partial charge in [-0.25, -0.2) is 0 Å². The zero-order valence-electron chi connectivity index (χ0n) is 2.17. The number of nitroso groups, excluding NO2 is 1. The minimum Gasteiger partial charge on any atom is -0.526 e. The molecule has 4 heteroatoms. The summed E-state index contributed by atoms with van der Waals surface area (Å²) in [5, 5.41) is 10.2. The lowest BCUT2D eigenvalue weighted by Crippen LogP contribution is -2.15. The van der Waals surface area contributed by atoms with E-state index in [1.807, 2.05) is 0 Å². The Labute approximate surface area is 27.4 Å². The maximum atomic E-state index is 8.78. The fourth-order valence-electron chi connectivity index (χ4n) is 0. The largest absolute Gasteiger partial charge is 0.526 e. The van der Waals surface area contributed by atoms with Crippen LogP contribution in [0.2, 0.25) is 0 Å². The van der Waals surface area contributed by atoms with Gasteiger partial charge in [-0.2, -0.15) is 0 Å². The third-order valence-corrected chi connectivity index (χ3v) is 0.0745. The SMILES string of the molecule is O=NC(=O)[O-]. The highest BCUT2D eigenvalue weighted by Crippen LogP contribution is 1.53. The monoisotopic (exact) mass is 74.0 g/mol. The van der Waals surface area contributed by atoms with Gasteiger partial charge in [0.15, 0.2) is 0 Å². The van der Waals surface area contributed by atoms with Crippen molar-refractivity contribution >= 4 is 6.09 Å². The molecule has 4 nitrogen and oxygen atoms in total. The molecule has 0 aliphatic carbocycles. The Balaban J connectivity index is 3.20. The minimum atomic E-state index is -1.93. The van der Waals surface area contributed by atoms with Crippen molar-refractivity contribution < 1.29 is 9.90 Å². The first-order valence-corrected chi connectivity index (χ1v) is 0.814. The lowest BCUT2D eigenvalue weighted by atomic mass is 11.3. The molecular formula is CNO3-. The summed E-state index contributed by atoms with van der Waals surface area (Å²) in [6.07, 6.45) is -1.93. The summed E-state index contributed by atoms with van der Waals surface area (Å²) in [7, 11) is 0. The molecule has 0 spiro atoms. The number of carboxylic acid groups (broad SMARTS) is 1. The van der Waals surface area contributed by atoms with E-state index in [2.05, 4.69) is 0 Å². The van der Waals surface area contributed by atoms with Gasteiger partial charge in [-0.05, 0) is 5.18 Å². The number of nitrogens with zero attached hydrogens (tertiary/aromatic N) is 1. The molecule has 0 rings (SSSR count). The summed E-state index contributed by atoms with van der Waals surface area (Å²) in [5.41, 5.74) is 0. The van der Waals surface area contributed by atoms with Gasteiger partial charge in [0.05, 0.1) is 0 Å². The molecule has 0 aliphatic rings. The Kier molecular flexibility index (Phi) is 1.14. The first kappa shape index (κ1) is 4.07. The van der Waals surface area contributed by atoms with Gasteiger partial charge in [0.2, 0.25) is 6.09 Å². The summed E-state index contributed by atoms with van der Waals surface area (Å²) in [5.74, 6) is 0. The van der Waals surface area contributed by atoms with E-state index in [9.17, 15) is 0 Å². The average Bonchev–Trinajstić information content (AvgIpc) is 1.38. The summed E-state index contributed by atoms with van der Waals surface area (Å²) < 4.78 is 0. The smallest absolute Gasteiger partial charge is 0.208 e. The van der Waals surface area contributed by atoms with Gasteiger partial charge in [-0.15, -0.1) is 4.91 Å². The van der Waals surface area contributed by atoms with Crippen molar-refractivity contribution in [3.05, 3.63) is 4.91 Å². The van der Waals surface area contributed by atoms with Crippen molar-refractivity contribution in [2.24, 2.45) is 5.18 Å². The van der Waals surface area contributed by atoms with Crippen LogP contribution in [0.1, 0.15) is 0 Å². The van der Waals surface area contributed by atoms with Gasteiger partial charge >= 0.3 is 0 Å². The topological polar surface area (TPSA) is 69.6 Å². The van der Waals surface area contributed by atoms with Crippen LogP contribution in [0.25, 0.3) is 0 Å². The molecule has 0 heterocycles. The molecule has 0 N–H and O–H groups in total. The fourth-order valence-corrected chi connectivity index (χ4v) is 0. The second-order valence-electron chi connectivity index (χ2n) is 0.357. The van der Waals surface area contributed by atoms with Crippen LogP contribution in [0.4, 0.5) is 4.79 Å². The van der Waals surface area contributed by atoms with Gasteiger partial charge in [0.25, 0.3) is 0 Å². The van der Waals surface area contributed by atoms with Crippen molar-refractivity contribution in [3.63, 3.8) is 0 Å². The van der Waals surface area contributed by atoms with Crippen molar-refractivity contribution in [1.82, 2.24) is 0 Å². The number of amides is 1. The van der Waals surface area contributed by atoms with Crippen LogP contribution >= 0.6 is 0 Å². The Bertz CT molecular complexity index is 57.9. The number of hydrogen-bond acceptors (Lipinski definition) is 3. The molecule has 0 bridgehead atoms. The first-order chi connectivity index (χ1) is 2.27. The lowest BCUT2D eigenvalue weighted by Gasteiger charge is -1.74. The molecule has 0 saturated heterocycles. The molecule has 0 fully saturated rings. The normalized spacial score (nSPS) is 6.40. The van der Waals surface area contributed by atoms with Gasteiger partial charge in [0.1, 0.15) is 0 Å². The van der Waals surface area contributed by atoms with E-state index in [-0.39, 0.29) is 0 Å². The summed E-state index contributed by atoms with van der Waals surface area (Å²) in [6.45, 7) is 0. The summed E-state index contributed by atoms with van der Waals surface area (Å²) in [6, 6.07) is 0. The molecule has 0 atom stereocenters.